The van der Waals surface area contributed by atoms with Crippen molar-refractivity contribution >= 4 is 24.6 Å². The fraction of sp³-hybridized carbons (Fsp3) is 0.750. The number of nitrogens with two attached hydrogens (primary N) is 1. The summed E-state index contributed by atoms with van der Waals surface area (Å²) in [6.07, 6.45) is -1.11. The molecule has 12 nitrogen and oxygen atoms in total. The second-order valence-electron chi connectivity index (χ2n) is 9.03. The second-order valence-corrected chi connectivity index (χ2v) is 11.2. The third-order valence-corrected chi connectivity index (χ3v) is 8.92. The van der Waals surface area contributed by atoms with Crippen LogP contribution in [0.2, 0.25) is 0 Å². The van der Waals surface area contributed by atoms with Gasteiger partial charge in [-0.1, -0.05) is 44.3 Å². The normalized spacial score (nSPS) is 28.2. The summed E-state index contributed by atoms with van der Waals surface area (Å²) in [5, 5.41) is 31.3. The van der Waals surface area contributed by atoms with Gasteiger partial charge >= 0.3 is 7.60 Å². The molecule has 3 rings (SSSR count). The highest BCUT2D eigenvalue weighted by atomic mass is 31.2. The maximum Gasteiger partial charge on any atom is 0.331 e. The van der Waals surface area contributed by atoms with Gasteiger partial charge in [-0.15, -0.1) is 0 Å². The molecule has 2 aromatic heterocycles. The number of hydrogen-bond donors (Lipinski definition) is 5. The summed E-state index contributed by atoms with van der Waals surface area (Å²) in [6.45, 7) is 9.11. The molecule has 3 heterocycles. The van der Waals surface area contributed by atoms with Crippen LogP contribution >= 0.6 is 7.60 Å². The van der Waals surface area contributed by atoms with Crippen LogP contribution in [0, 0.1) is 5.92 Å². The lowest BCUT2D eigenvalue weighted by atomic mass is 9.82. The average molecular weight is 489 g/mol. The minimum absolute atomic E-state index is 0.0368. The molecule has 0 saturated carbocycles. The molecule has 1 fully saturated rings. The molecule has 0 bridgehead atoms. The van der Waals surface area contributed by atoms with Gasteiger partial charge in [0.1, 0.15) is 18.5 Å². The highest BCUT2D eigenvalue weighted by molar-refractivity contribution is 7.53. The molecule has 1 saturated heterocycles. The van der Waals surface area contributed by atoms with E-state index >= 15 is 0 Å². The van der Waals surface area contributed by atoms with Gasteiger partial charge < -0.3 is 35.3 Å². The lowest BCUT2D eigenvalue weighted by molar-refractivity contribution is -0.894. The Labute approximate surface area is 192 Å². The Hall–Kier alpha value is -1.82. The van der Waals surface area contributed by atoms with Gasteiger partial charge in [0.25, 0.3) is 12.1 Å². The number of nitrogen functional groups attached to an aromatic ring is 1. The standard InChI is InChI=1S/C20H34N5O7P/c1-6-12(5)33(29,30)32-20(7-2,11(3)4)8-13-15(26)16(27)19(31-13)24-9-22-14-17(21)25(28)10-23-18(14)24/h9-13,15-16,19,21,26-28H,6-8H2,1-5H3,(H,29,30)/p+1. The van der Waals surface area contributed by atoms with Crippen LogP contribution in [0.4, 0.5) is 5.82 Å². The van der Waals surface area contributed by atoms with Gasteiger partial charge in [0.2, 0.25) is 11.2 Å². The van der Waals surface area contributed by atoms with Crippen molar-refractivity contribution in [2.45, 2.75) is 89.7 Å². The molecule has 0 aromatic carbocycles. The molecule has 33 heavy (non-hydrogen) atoms. The van der Waals surface area contributed by atoms with E-state index in [4.69, 9.17) is 15.0 Å². The lowest BCUT2D eigenvalue weighted by Gasteiger charge is -2.41. The van der Waals surface area contributed by atoms with Gasteiger partial charge in [-0.2, -0.15) is 0 Å². The fourth-order valence-corrected chi connectivity index (χ4v) is 5.75. The number of imidazole rings is 1. The number of rotatable bonds is 9. The first-order valence-corrected chi connectivity index (χ1v) is 12.8. The Morgan fingerprint density at radius 2 is 1.97 bits per heavy atom. The molecule has 6 N–H and O–H groups in total. The quantitative estimate of drug-likeness (QED) is 0.197. The average Bonchev–Trinajstić information content (AvgIpc) is 3.31. The first kappa shape index (κ1) is 25.8. The SMILES string of the molecule is CCC(C)P(=O)(O)OC(CC)(CC1OC(n2cnc3c(N)[n+](O)cnc32)C(O)C1O)C(C)C. The Balaban J connectivity index is 1.91. The maximum atomic E-state index is 12.9. The van der Waals surface area contributed by atoms with E-state index in [0.717, 1.165) is 6.33 Å². The van der Waals surface area contributed by atoms with E-state index in [0.29, 0.717) is 17.6 Å². The molecule has 0 aliphatic carbocycles. The van der Waals surface area contributed by atoms with Crippen molar-refractivity contribution in [1.29, 1.82) is 0 Å². The van der Waals surface area contributed by atoms with Crippen molar-refractivity contribution in [3.63, 3.8) is 0 Å². The third-order valence-electron chi connectivity index (χ3n) is 6.82. The summed E-state index contributed by atoms with van der Waals surface area (Å²) < 4.78 is 26.9. The predicted octanol–water partition coefficient (Wildman–Crippen LogP) is 1.35. The van der Waals surface area contributed by atoms with Crippen LogP contribution in [-0.4, -0.2) is 64.4 Å². The molecule has 2 aromatic rings. The van der Waals surface area contributed by atoms with Gasteiger partial charge in [0.05, 0.1) is 17.4 Å². The number of nitrogens with zero attached hydrogens (tertiary/aromatic N) is 4. The van der Waals surface area contributed by atoms with Crippen molar-refractivity contribution in [2.24, 2.45) is 5.92 Å². The number of fused-ring (bicyclic) bond motifs is 1. The summed E-state index contributed by atoms with van der Waals surface area (Å²) in [6, 6.07) is 0. The van der Waals surface area contributed by atoms with Crippen LogP contribution in [0.15, 0.2) is 12.7 Å². The van der Waals surface area contributed by atoms with E-state index in [2.05, 4.69) is 9.97 Å². The molecule has 0 spiro atoms. The summed E-state index contributed by atoms with van der Waals surface area (Å²) in [5.41, 5.74) is 4.69. The van der Waals surface area contributed by atoms with Crippen molar-refractivity contribution in [3.05, 3.63) is 12.7 Å². The summed E-state index contributed by atoms with van der Waals surface area (Å²) in [5.74, 6) is -0.208. The van der Waals surface area contributed by atoms with Crippen LogP contribution in [0.25, 0.3) is 11.2 Å². The lowest BCUT2D eigenvalue weighted by Crippen LogP contribution is -2.44. The van der Waals surface area contributed by atoms with Crippen LogP contribution in [0.3, 0.4) is 0 Å². The molecule has 0 radical (unpaired) electrons. The van der Waals surface area contributed by atoms with E-state index in [1.807, 2.05) is 27.7 Å². The van der Waals surface area contributed by atoms with Gasteiger partial charge in [-0.3, -0.25) is 9.13 Å². The number of anilines is 1. The van der Waals surface area contributed by atoms with E-state index in [9.17, 15) is 24.9 Å². The Morgan fingerprint density at radius 1 is 1.30 bits per heavy atom. The Morgan fingerprint density at radius 3 is 2.55 bits per heavy atom. The van der Waals surface area contributed by atoms with Crippen molar-refractivity contribution in [1.82, 2.24) is 14.5 Å². The molecule has 186 valence electrons. The molecule has 0 amide bonds. The van der Waals surface area contributed by atoms with E-state index in [1.54, 1.807) is 6.92 Å². The zero-order valence-electron chi connectivity index (χ0n) is 19.6. The zero-order chi connectivity index (χ0) is 24.7. The number of aliphatic hydroxyl groups excluding tert-OH is 2. The minimum Gasteiger partial charge on any atom is -0.388 e. The number of hydrogen-bond acceptors (Lipinski definition) is 9. The van der Waals surface area contributed by atoms with Gasteiger partial charge in [-0.05, 0) is 18.8 Å². The van der Waals surface area contributed by atoms with Crippen molar-refractivity contribution < 1.29 is 38.9 Å². The van der Waals surface area contributed by atoms with Crippen LogP contribution in [0.1, 0.15) is 60.1 Å². The molecule has 7 atom stereocenters. The minimum atomic E-state index is -3.94. The van der Waals surface area contributed by atoms with Crippen LogP contribution < -0.4 is 10.5 Å². The van der Waals surface area contributed by atoms with Gasteiger partial charge in [0, 0.05) is 6.42 Å². The van der Waals surface area contributed by atoms with Crippen molar-refractivity contribution in [2.75, 3.05) is 5.73 Å². The molecule has 1 aliphatic rings. The summed E-state index contributed by atoms with van der Waals surface area (Å²) >= 11 is 0. The smallest absolute Gasteiger partial charge is 0.331 e. The highest BCUT2D eigenvalue weighted by Crippen LogP contribution is 2.55. The molecular formula is C20H35N5O7P+. The fourth-order valence-electron chi connectivity index (χ4n) is 4.17. The molecule has 7 unspecified atom stereocenters. The highest BCUT2D eigenvalue weighted by Gasteiger charge is 2.51. The largest absolute Gasteiger partial charge is 0.388 e. The van der Waals surface area contributed by atoms with Crippen molar-refractivity contribution in [3.8, 4) is 0 Å². The Kier molecular flexibility index (Phi) is 7.38. The monoisotopic (exact) mass is 488 g/mol. The first-order valence-electron chi connectivity index (χ1n) is 11.1. The van der Waals surface area contributed by atoms with Crippen LogP contribution in [-0.2, 0) is 13.8 Å². The number of ether oxygens (including phenoxy) is 1. The predicted molar refractivity (Wildman–Crippen MR) is 118 cm³/mol. The topological polar surface area (TPSA) is 177 Å². The maximum absolute atomic E-state index is 12.9. The molecule has 13 heteroatoms. The summed E-state index contributed by atoms with van der Waals surface area (Å²) in [4.78, 5) is 18.8. The van der Waals surface area contributed by atoms with E-state index in [-0.39, 0.29) is 29.3 Å². The second kappa shape index (κ2) is 9.44. The van der Waals surface area contributed by atoms with Crippen LogP contribution in [0.5, 0.6) is 0 Å². The van der Waals surface area contributed by atoms with E-state index in [1.165, 1.54) is 10.9 Å². The van der Waals surface area contributed by atoms with E-state index < -0.39 is 43.4 Å². The first-order chi connectivity index (χ1) is 15.4. The number of aliphatic hydroxyl groups is 2. The third kappa shape index (κ3) is 4.60. The van der Waals surface area contributed by atoms with Gasteiger partial charge in [-0.25, -0.2) is 4.98 Å². The molecule has 1 aliphatic heterocycles. The zero-order valence-corrected chi connectivity index (χ0v) is 20.5. The Bertz CT molecular complexity index is 1030. The van der Waals surface area contributed by atoms with Gasteiger partial charge in [0.15, 0.2) is 6.23 Å². The molecular weight excluding hydrogens is 453 g/mol. The number of aromatic nitrogens is 4. The summed E-state index contributed by atoms with van der Waals surface area (Å²) in [7, 11) is -3.94.